The molecule has 9 nitrogen and oxygen atoms in total. The fraction of sp³-hybridized carbons (Fsp3) is 0.393. The number of aryl methyl sites for hydroxylation is 1. The minimum atomic E-state index is -0.682. The highest BCUT2D eigenvalue weighted by atomic mass is 19.1. The summed E-state index contributed by atoms with van der Waals surface area (Å²) in [5, 5.41) is 6.38. The van der Waals surface area contributed by atoms with Crippen LogP contribution in [0.1, 0.15) is 55.8 Å². The van der Waals surface area contributed by atoms with Gasteiger partial charge < -0.3 is 20.1 Å². The molecule has 0 spiro atoms. The van der Waals surface area contributed by atoms with Crippen molar-refractivity contribution >= 4 is 28.7 Å². The number of nitrogens with zero attached hydrogens (tertiary/aromatic N) is 6. The normalized spacial score (nSPS) is 14.4. The van der Waals surface area contributed by atoms with Gasteiger partial charge in [0.2, 0.25) is 5.95 Å². The van der Waals surface area contributed by atoms with Gasteiger partial charge in [0.25, 0.3) is 5.91 Å². The lowest BCUT2D eigenvalue weighted by Gasteiger charge is -2.32. The molecule has 0 aliphatic carbocycles. The molecule has 5 rings (SSSR count). The number of fused-ring (bicyclic) bond motifs is 1. The first-order chi connectivity index (χ1) is 18.7. The highest BCUT2D eigenvalue weighted by Gasteiger charge is 2.23. The molecule has 0 radical (unpaired) electrons. The zero-order chi connectivity index (χ0) is 27.7. The zero-order valence-electron chi connectivity index (χ0n) is 22.5. The van der Waals surface area contributed by atoms with Gasteiger partial charge in [-0.15, -0.1) is 0 Å². The number of amides is 1. The topological polar surface area (TPSA) is 101 Å². The van der Waals surface area contributed by atoms with Gasteiger partial charge >= 0.3 is 0 Å². The summed E-state index contributed by atoms with van der Waals surface area (Å²) in [6.45, 7) is 10.2. The smallest absolute Gasteiger partial charge is 0.255 e. The van der Waals surface area contributed by atoms with Crippen LogP contribution in [0.2, 0.25) is 0 Å². The third-order valence-electron chi connectivity index (χ3n) is 6.98. The Balaban J connectivity index is 1.34. The molecule has 39 heavy (non-hydrogen) atoms. The molecule has 4 heterocycles. The van der Waals surface area contributed by atoms with E-state index < -0.39 is 11.6 Å². The summed E-state index contributed by atoms with van der Waals surface area (Å²) >= 11 is 0. The van der Waals surface area contributed by atoms with Gasteiger partial charge in [0.1, 0.15) is 22.9 Å². The minimum Gasteiger partial charge on any atom is -0.338 e. The second-order valence-electron chi connectivity index (χ2n) is 10.0. The van der Waals surface area contributed by atoms with Crippen LogP contribution < -0.4 is 10.6 Å². The number of likely N-dealkylation sites (tertiary alicyclic amines) is 1. The van der Waals surface area contributed by atoms with E-state index in [4.69, 9.17) is 0 Å². The van der Waals surface area contributed by atoms with Gasteiger partial charge in [0.15, 0.2) is 11.6 Å². The first-order valence-corrected chi connectivity index (χ1v) is 13.2. The maximum atomic E-state index is 15.0. The molecular weight excluding hydrogens is 502 g/mol. The van der Waals surface area contributed by atoms with Crippen LogP contribution in [0.25, 0.3) is 22.3 Å². The van der Waals surface area contributed by atoms with Crippen LogP contribution in [0.4, 0.5) is 20.5 Å². The van der Waals surface area contributed by atoms with Crippen molar-refractivity contribution in [3.05, 3.63) is 59.7 Å². The van der Waals surface area contributed by atoms with Crippen LogP contribution in [0, 0.1) is 18.6 Å². The van der Waals surface area contributed by atoms with E-state index in [2.05, 4.69) is 37.5 Å². The first kappa shape index (κ1) is 26.6. The van der Waals surface area contributed by atoms with Gasteiger partial charge in [-0.25, -0.2) is 28.7 Å². The third kappa shape index (κ3) is 5.44. The van der Waals surface area contributed by atoms with Crippen molar-refractivity contribution in [2.24, 2.45) is 0 Å². The number of rotatable bonds is 7. The fourth-order valence-electron chi connectivity index (χ4n) is 5.15. The number of carbonyl (C=O) groups is 1. The third-order valence-corrected chi connectivity index (χ3v) is 6.98. The molecular formula is C28H32F2N8O. The predicted octanol–water partition coefficient (Wildman–Crippen LogP) is 5.01. The SMILES string of the molecule is CCNC1CCN(C(=O)c2ccc(Nc3ncc(F)c(-c4cc(F)c5nc(C)n(C(C)C)c5c4)n3)nc2)CC1. The Morgan fingerprint density at radius 3 is 2.51 bits per heavy atom. The number of anilines is 2. The molecule has 0 saturated carbocycles. The summed E-state index contributed by atoms with van der Waals surface area (Å²) in [4.78, 5) is 31.7. The van der Waals surface area contributed by atoms with Gasteiger partial charge in [0, 0.05) is 36.9 Å². The van der Waals surface area contributed by atoms with Crippen LogP contribution in [0.5, 0.6) is 0 Å². The van der Waals surface area contributed by atoms with E-state index in [0.29, 0.717) is 41.9 Å². The molecule has 1 aromatic carbocycles. The average Bonchev–Trinajstić information content (AvgIpc) is 3.27. The molecule has 0 unspecified atom stereocenters. The van der Waals surface area contributed by atoms with E-state index in [1.807, 2.05) is 30.2 Å². The van der Waals surface area contributed by atoms with E-state index in [-0.39, 0.29) is 34.7 Å². The molecule has 1 fully saturated rings. The lowest BCUT2D eigenvalue weighted by Crippen LogP contribution is -2.44. The Hall–Kier alpha value is -3.99. The number of halogens is 2. The van der Waals surface area contributed by atoms with Gasteiger partial charge in [-0.2, -0.15) is 0 Å². The van der Waals surface area contributed by atoms with Gasteiger partial charge in [-0.3, -0.25) is 4.79 Å². The molecule has 1 saturated heterocycles. The summed E-state index contributed by atoms with van der Waals surface area (Å²) in [5.41, 5.74) is 1.52. The van der Waals surface area contributed by atoms with Crippen molar-refractivity contribution in [2.75, 3.05) is 25.0 Å². The maximum Gasteiger partial charge on any atom is 0.255 e. The average molecular weight is 535 g/mol. The van der Waals surface area contributed by atoms with Crippen molar-refractivity contribution in [1.82, 2.24) is 34.7 Å². The number of piperidine rings is 1. The molecule has 0 atom stereocenters. The quantitative estimate of drug-likeness (QED) is 0.344. The Kier molecular flexibility index (Phi) is 7.51. The number of imidazole rings is 1. The molecule has 1 amide bonds. The Bertz CT molecular complexity index is 1490. The Morgan fingerprint density at radius 1 is 1.08 bits per heavy atom. The second kappa shape index (κ2) is 11.0. The van der Waals surface area contributed by atoms with Crippen LogP contribution in [-0.2, 0) is 0 Å². The number of hydrogen-bond donors (Lipinski definition) is 2. The van der Waals surface area contributed by atoms with Gasteiger partial charge in [0.05, 0.1) is 17.3 Å². The first-order valence-electron chi connectivity index (χ1n) is 13.2. The monoisotopic (exact) mass is 534 g/mol. The van der Waals surface area contributed by atoms with E-state index in [9.17, 15) is 13.6 Å². The number of pyridine rings is 1. The van der Waals surface area contributed by atoms with E-state index >= 15 is 0 Å². The molecule has 1 aliphatic rings. The van der Waals surface area contributed by atoms with E-state index in [1.54, 1.807) is 18.2 Å². The number of benzene rings is 1. The van der Waals surface area contributed by atoms with Crippen molar-refractivity contribution in [2.45, 2.75) is 52.6 Å². The van der Waals surface area contributed by atoms with Crippen LogP contribution in [0.3, 0.4) is 0 Å². The minimum absolute atomic E-state index is 0.0444. The number of nitrogens with one attached hydrogen (secondary N) is 2. The highest BCUT2D eigenvalue weighted by Crippen LogP contribution is 2.30. The summed E-state index contributed by atoms with van der Waals surface area (Å²) in [6.07, 6.45) is 4.39. The zero-order valence-corrected chi connectivity index (χ0v) is 22.5. The number of carbonyl (C=O) groups excluding carboxylic acids is 1. The Morgan fingerprint density at radius 2 is 1.85 bits per heavy atom. The van der Waals surface area contributed by atoms with E-state index in [1.165, 1.54) is 12.3 Å². The largest absolute Gasteiger partial charge is 0.338 e. The fourth-order valence-corrected chi connectivity index (χ4v) is 5.15. The van der Waals surface area contributed by atoms with Crippen molar-refractivity contribution in [3.8, 4) is 11.3 Å². The number of hydrogen-bond acceptors (Lipinski definition) is 7. The molecule has 2 N–H and O–H groups in total. The van der Waals surface area contributed by atoms with Crippen molar-refractivity contribution in [1.29, 1.82) is 0 Å². The predicted molar refractivity (Wildman–Crippen MR) is 146 cm³/mol. The maximum absolute atomic E-state index is 15.0. The van der Waals surface area contributed by atoms with Gasteiger partial charge in [-0.1, -0.05) is 6.92 Å². The van der Waals surface area contributed by atoms with E-state index in [0.717, 1.165) is 25.6 Å². The van der Waals surface area contributed by atoms with Crippen LogP contribution >= 0.6 is 0 Å². The lowest BCUT2D eigenvalue weighted by atomic mass is 10.0. The van der Waals surface area contributed by atoms with Gasteiger partial charge in [-0.05, 0) is 64.4 Å². The molecule has 1 aliphatic heterocycles. The molecule has 11 heteroatoms. The van der Waals surface area contributed by atoms with Crippen LogP contribution in [-0.4, -0.2) is 61.0 Å². The molecule has 4 aromatic rings. The second-order valence-corrected chi connectivity index (χ2v) is 10.0. The summed E-state index contributed by atoms with van der Waals surface area (Å²) in [6, 6.07) is 6.76. The summed E-state index contributed by atoms with van der Waals surface area (Å²) < 4.78 is 31.7. The van der Waals surface area contributed by atoms with Crippen LogP contribution in [0.15, 0.2) is 36.7 Å². The number of aromatic nitrogens is 5. The van der Waals surface area contributed by atoms with Crippen molar-refractivity contribution in [3.63, 3.8) is 0 Å². The highest BCUT2D eigenvalue weighted by molar-refractivity contribution is 5.94. The summed E-state index contributed by atoms with van der Waals surface area (Å²) in [7, 11) is 0. The summed E-state index contributed by atoms with van der Waals surface area (Å²) in [5.74, 6) is -0.128. The molecule has 204 valence electrons. The van der Waals surface area contributed by atoms with Crippen molar-refractivity contribution < 1.29 is 13.6 Å². The molecule has 3 aromatic heterocycles. The Labute approximate surface area is 225 Å². The lowest BCUT2D eigenvalue weighted by molar-refractivity contribution is 0.0705. The standard InChI is InChI=1S/C28H32F2N8O/c1-5-31-20-8-10-37(11-9-20)27(39)18-6-7-24(32-14-18)35-28-33-15-22(30)25(36-28)19-12-21(29)26-23(13-19)38(16(2)3)17(4)34-26/h6-7,12-16,20,31H,5,8-11H2,1-4H3,(H,32,33,35,36). The molecule has 0 bridgehead atoms.